The largest absolute Gasteiger partial charge is 0.497 e. The lowest BCUT2D eigenvalue weighted by molar-refractivity contribution is -0.104. The Labute approximate surface area is 177 Å². The zero-order valence-corrected chi connectivity index (χ0v) is 17.4. The van der Waals surface area contributed by atoms with Gasteiger partial charge in [0.15, 0.2) is 11.5 Å². The van der Waals surface area contributed by atoms with Gasteiger partial charge in [-0.25, -0.2) is 0 Å². The first-order valence-electron chi connectivity index (χ1n) is 9.11. The average molecular weight is 406 g/mol. The van der Waals surface area contributed by atoms with Gasteiger partial charge in [-0.05, 0) is 47.5 Å². The molecule has 0 bridgehead atoms. The summed E-state index contributed by atoms with van der Waals surface area (Å²) in [6.45, 7) is 0. The van der Waals surface area contributed by atoms with E-state index in [1.807, 2.05) is 60.7 Å². The Bertz CT molecular complexity index is 890. The zero-order valence-electron chi connectivity index (χ0n) is 17.4. The third kappa shape index (κ3) is 9.37. The number of hydrogen-bond acceptors (Lipinski definition) is 5. The number of hydrogen-bond donors (Lipinski definition) is 0. The van der Waals surface area contributed by atoms with Gasteiger partial charge in [0.2, 0.25) is 0 Å². The van der Waals surface area contributed by atoms with Gasteiger partial charge in [0.1, 0.15) is 18.3 Å². The van der Waals surface area contributed by atoms with Crippen LogP contribution in [0.2, 0.25) is 0 Å². The van der Waals surface area contributed by atoms with Crippen LogP contribution in [-0.4, -0.2) is 33.9 Å². The van der Waals surface area contributed by atoms with Gasteiger partial charge < -0.3 is 14.2 Å². The van der Waals surface area contributed by atoms with E-state index >= 15 is 0 Å². The molecule has 0 radical (unpaired) electrons. The van der Waals surface area contributed by atoms with Gasteiger partial charge in [-0.15, -0.1) is 0 Å². The number of methoxy groups -OCH3 is 3. The standard InChI is InChI=1S/C13H14O3.C12H12O2/c1-15-12-8-7-11(10-13(12)16-2)6-4-3-5-9-14;1-14-12-8-6-11(7-9-12)5-3-2-4-10-13/h3-10H,1-2H3;2-10H,1H3. The van der Waals surface area contributed by atoms with Crippen molar-refractivity contribution in [3.63, 3.8) is 0 Å². The Hall–Kier alpha value is -3.86. The predicted molar refractivity (Wildman–Crippen MR) is 121 cm³/mol. The molecule has 30 heavy (non-hydrogen) atoms. The first kappa shape index (κ1) is 24.2. The molecule has 0 unspecified atom stereocenters. The number of carbonyl (C=O) groups is 2. The lowest BCUT2D eigenvalue weighted by Gasteiger charge is -2.07. The molecule has 2 aromatic rings. The Morgan fingerprint density at radius 2 is 1.10 bits per heavy atom. The summed E-state index contributed by atoms with van der Waals surface area (Å²) in [5.74, 6) is 2.22. The molecule has 0 saturated heterocycles. The van der Waals surface area contributed by atoms with Crippen LogP contribution in [0.25, 0.3) is 12.2 Å². The van der Waals surface area contributed by atoms with Crippen LogP contribution in [0.1, 0.15) is 11.1 Å². The van der Waals surface area contributed by atoms with E-state index < -0.39 is 0 Å². The number of aldehydes is 2. The normalized spacial score (nSPS) is 10.9. The van der Waals surface area contributed by atoms with Crippen LogP contribution in [0, 0.1) is 0 Å². The first-order valence-corrected chi connectivity index (χ1v) is 9.11. The van der Waals surface area contributed by atoms with Gasteiger partial charge in [-0.2, -0.15) is 0 Å². The molecule has 0 aliphatic carbocycles. The van der Waals surface area contributed by atoms with Crippen LogP contribution in [0.3, 0.4) is 0 Å². The van der Waals surface area contributed by atoms with Crippen LogP contribution < -0.4 is 14.2 Å². The summed E-state index contributed by atoms with van der Waals surface area (Å²) in [7, 11) is 4.83. The van der Waals surface area contributed by atoms with Gasteiger partial charge in [-0.1, -0.05) is 54.7 Å². The second-order valence-corrected chi connectivity index (χ2v) is 5.65. The molecule has 2 rings (SSSR count). The molecule has 0 amide bonds. The summed E-state index contributed by atoms with van der Waals surface area (Å²) in [5.41, 5.74) is 2.05. The molecule has 5 heteroatoms. The number of allylic oxidation sites excluding steroid dienone is 6. The molecule has 0 aliphatic rings. The minimum atomic E-state index is 0.684. The molecule has 0 fully saturated rings. The molecule has 156 valence electrons. The summed E-state index contributed by atoms with van der Waals surface area (Å²) in [5, 5.41) is 0. The second kappa shape index (κ2) is 15.1. The predicted octanol–water partition coefficient (Wildman–Crippen LogP) is 4.94. The summed E-state index contributed by atoms with van der Waals surface area (Å²) in [4.78, 5) is 20.0. The molecule has 5 nitrogen and oxygen atoms in total. The summed E-state index contributed by atoms with van der Waals surface area (Å²) in [6, 6.07) is 13.3. The van der Waals surface area contributed by atoms with E-state index in [4.69, 9.17) is 14.2 Å². The van der Waals surface area contributed by atoms with Gasteiger partial charge in [0.25, 0.3) is 0 Å². The lowest BCUT2D eigenvalue weighted by atomic mass is 10.2. The smallest absolute Gasteiger partial charge is 0.161 e. The van der Waals surface area contributed by atoms with Gasteiger partial charge in [-0.3, -0.25) is 9.59 Å². The highest BCUT2D eigenvalue weighted by Gasteiger charge is 2.01. The minimum Gasteiger partial charge on any atom is -0.497 e. The van der Waals surface area contributed by atoms with Crippen molar-refractivity contribution < 1.29 is 23.8 Å². The third-order valence-electron chi connectivity index (χ3n) is 3.70. The van der Waals surface area contributed by atoms with Gasteiger partial charge in [0.05, 0.1) is 21.3 Å². The second-order valence-electron chi connectivity index (χ2n) is 5.65. The van der Waals surface area contributed by atoms with E-state index in [1.165, 1.54) is 12.2 Å². The highest BCUT2D eigenvalue weighted by molar-refractivity contribution is 5.67. The summed E-state index contributed by atoms with van der Waals surface area (Å²) < 4.78 is 15.3. The van der Waals surface area contributed by atoms with Crippen molar-refractivity contribution in [3.05, 3.63) is 90.0 Å². The molecule has 0 heterocycles. The fourth-order valence-corrected chi connectivity index (χ4v) is 2.22. The lowest BCUT2D eigenvalue weighted by Crippen LogP contribution is -1.90. The monoisotopic (exact) mass is 406 g/mol. The molecule has 2 aromatic carbocycles. The number of benzene rings is 2. The molecule has 0 atom stereocenters. The van der Waals surface area contributed by atoms with Crippen LogP contribution in [0.15, 0.2) is 78.9 Å². The highest BCUT2D eigenvalue weighted by Crippen LogP contribution is 2.27. The van der Waals surface area contributed by atoms with E-state index in [0.717, 1.165) is 29.4 Å². The Morgan fingerprint density at radius 1 is 0.567 bits per heavy atom. The van der Waals surface area contributed by atoms with Crippen molar-refractivity contribution in [1.29, 1.82) is 0 Å². The van der Waals surface area contributed by atoms with E-state index in [9.17, 15) is 9.59 Å². The van der Waals surface area contributed by atoms with E-state index in [2.05, 4.69) is 0 Å². The highest BCUT2D eigenvalue weighted by atomic mass is 16.5. The Balaban J connectivity index is 0.000000303. The van der Waals surface area contributed by atoms with Crippen molar-refractivity contribution in [2.45, 2.75) is 0 Å². The number of ether oxygens (including phenoxy) is 3. The average Bonchev–Trinajstić information content (AvgIpc) is 2.80. The van der Waals surface area contributed by atoms with Crippen molar-refractivity contribution in [1.82, 2.24) is 0 Å². The number of carbonyl (C=O) groups excluding carboxylic acids is 2. The van der Waals surface area contributed by atoms with Crippen LogP contribution >= 0.6 is 0 Å². The summed E-state index contributed by atoms with van der Waals surface area (Å²) >= 11 is 0. The van der Waals surface area contributed by atoms with Gasteiger partial charge >= 0.3 is 0 Å². The quantitative estimate of drug-likeness (QED) is 0.335. The van der Waals surface area contributed by atoms with Crippen LogP contribution in [0.4, 0.5) is 0 Å². The van der Waals surface area contributed by atoms with Gasteiger partial charge in [0, 0.05) is 0 Å². The maximum Gasteiger partial charge on any atom is 0.161 e. The van der Waals surface area contributed by atoms with Crippen molar-refractivity contribution in [2.24, 2.45) is 0 Å². The van der Waals surface area contributed by atoms with Crippen molar-refractivity contribution >= 4 is 24.7 Å². The maximum atomic E-state index is 10.0. The van der Waals surface area contributed by atoms with Crippen molar-refractivity contribution in [3.8, 4) is 17.2 Å². The van der Waals surface area contributed by atoms with Crippen molar-refractivity contribution in [2.75, 3.05) is 21.3 Å². The first-order chi connectivity index (χ1) is 14.7. The number of rotatable bonds is 9. The van der Waals surface area contributed by atoms with Crippen LogP contribution in [-0.2, 0) is 9.59 Å². The van der Waals surface area contributed by atoms with E-state index in [-0.39, 0.29) is 0 Å². The van der Waals surface area contributed by atoms with Crippen LogP contribution in [0.5, 0.6) is 17.2 Å². The topological polar surface area (TPSA) is 61.8 Å². The maximum absolute atomic E-state index is 10.0. The molecule has 0 aromatic heterocycles. The fourth-order valence-electron chi connectivity index (χ4n) is 2.22. The van der Waals surface area contributed by atoms with E-state index in [1.54, 1.807) is 39.6 Å². The molecular formula is C25H26O5. The Kier molecular flexibility index (Phi) is 12.2. The molecule has 0 aliphatic heterocycles. The molecule has 0 N–H and O–H groups in total. The zero-order chi connectivity index (χ0) is 22.0. The SMILES string of the molecule is COc1ccc(C=CC=CC=O)cc1.COc1ccc(C=CC=CC=O)cc1OC. The Morgan fingerprint density at radius 3 is 1.60 bits per heavy atom. The van der Waals surface area contributed by atoms with E-state index in [0.29, 0.717) is 11.5 Å². The third-order valence-corrected chi connectivity index (χ3v) is 3.70. The fraction of sp³-hybridized carbons (Fsp3) is 0.120. The molecule has 0 saturated carbocycles. The molecular weight excluding hydrogens is 380 g/mol. The summed E-state index contributed by atoms with van der Waals surface area (Å²) in [6.07, 6.45) is 15.1. The molecule has 0 spiro atoms. The minimum absolute atomic E-state index is 0.684.